The van der Waals surface area contributed by atoms with Gasteiger partial charge in [-0.1, -0.05) is 29.8 Å². The molecule has 2 rings (SSSR count). The van der Waals surface area contributed by atoms with E-state index in [0.29, 0.717) is 15.7 Å². The summed E-state index contributed by atoms with van der Waals surface area (Å²) in [6.45, 7) is 8.03. The Hall–Kier alpha value is -0.500. The van der Waals surface area contributed by atoms with E-state index in [0.717, 1.165) is 37.2 Å². The zero-order chi connectivity index (χ0) is 15.5. The number of likely N-dealkylation sites (N-methyl/N-ethyl adjacent to an activating group) is 1. The third-order valence-corrected chi connectivity index (χ3v) is 4.23. The van der Waals surface area contributed by atoms with Crippen LogP contribution in [0.5, 0.6) is 0 Å². The maximum absolute atomic E-state index is 12.3. The molecule has 1 saturated heterocycles. The predicted molar refractivity (Wildman–Crippen MR) is 88.0 cm³/mol. The van der Waals surface area contributed by atoms with E-state index in [-0.39, 0.29) is 30.0 Å². The summed E-state index contributed by atoms with van der Waals surface area (Å²) in [5, 5.41) is 3.86. The molecule has 1 aliphatic heterocycles. The summed E-state index contributed by atoms with van der Waals surface area (Å²) in [7, 11) is 2.19. The number of anilines is 1. The van der Waals surface area contributed by atoms with Gasteiger partial charge in [-0.2, -0.15) is 0 Å². The molecule has 0 aliphatic carbocycles. The van der Waals surface area contributed by atoms with Crippen LogP contribution in [0.25, 0.3) is 0 Å². The number of amides is 2. The van der Waals surface area contributed by atoms with Gasteiger partial charge in [-0.3, -0.25) is 0 Å². The standard InChI is InChI=1S/C15H19Cl2N3O.HI/c1-3-6-20(2)7-4-19(5-8-20)15(21)18-14-10-12(16)9-13(17)11-14;/h3,9-11H,1,4-8H2,2H3;1H. The Kier molecular flexibility index (Phi) is 7.45. The van der Waals surface area contributed by atoms with Crippen molar-refractivity contribution in [3.8, 4) is 0 Å². The molecule has 1 aromatic rings. The van der Waals surface area contributed by atoms with Crippen molar-refractivity contribution >= 4 is 34.9 Å². The van der Waals surface area contributed by atoms with Crippen molar-refractivity contribution in [2.24, 2.45) is 0 Å². The highest BCUT2D eigenvalue weighted by molar-refractivity contribution is 6.35. The molecule has 1 heterocycles. The average Bonchev–Trinajstić information content (AvgIpc) is 2.38. The normalized spacial score (nSPS) is 16.6. The molecule has 0 unspecified atom stereocenters. The van der Waals surface area contributed by atoms with Gasteiger partial charge in [0.25, 0.3) is 0 Å². The van der Waals surface area contributed by atoms with Gasteiger partial charge in [0.2, 0.25) is 0 Å². The molecule has 1 aliphatic rings. The molecule has 22 heavy (non-hydrogen) atoms. The number of nitrogens with one attached hydrogen (secondary N) is 1. The number of urea groups is 1. The molecule has 4 nitrogen and oxygen atoms in total. The third-order valence-electron chi connectivity index (χ3n) is 3.79. The Bertz CT molecular complexity index is 525. The zero-order valence-corrected chi connectivity index (χ0v) is 16.2. The second-order valence-corrected chi connectivity index (χ2v) is 6.49. The topological polar surface area (TPSA) is 32.3 Å². The van der Waals surface area contributed by atoms with Crippen molar-refractivity contribution in [3.05, 3.63) is 40.9 Å². The van der Waals surface area contributed by atoms with Crippen LogP contribution < -0.4 is 29.3 Å². The second kappa shape index (κ2) is 8.38. The van der Waals surface area contributed by atoms with E-state index < -0.39 is 0 Å². The molecule has 1 fully saturated rings. The lowest BCUT2D eigenvalue weighted by Crippen LogP contribution is -3.00. The fraction of sp³-hybridized carbons (Fsp3) is 0.400. The summed E-state index contributed by atoms with van der Waals surface area (Å²) in [6.07, 6.45) is 1.93. The van der Waals surface area contributed by atoms with Crippen LogP contribution in [0.1, 0.15) is 0 Å². The highest BCUT2D eigenvalue weighted by Gasteiger charge is 2.29. The van der Waals surface area contributed by atoms with Crippen LogP contribution in [0.2, 0.25) is 10.0 Å². The third kappa shape index (κ3) is 5.30. The minimum Gasteiger partial charge on any atom is -1.00 e. The van der Waals surface area contributed by atoms with Crippen LogP contribution in [0.15, 0.2) is 30.9 Å². The number of piperazine rings is 1. The Morgan fingerprint density at radius 1 is 1.32 bits per heavy atom. The number of halogens is 3. The van der Waals surface area contributed by atoms with Gasteiger partial charge < -0.3 is 38.7 Å². The monoisotopic (exact) mass is 455 g/mol. The van der Waals surface area contributed by atoms with Gasteiger partial charge in [-0.05, 0) is 24.3 Å². The van der Waals surface area contributed by atoms with Gasteiger partial charge in [0.05, 0.1) is 39.8 Å². The van der Waals surface area contributed by atoms with Crippen LogP contribution in [-0.4, -0.2) is 55.2 Å². The van der Waals surface area contributed by atoms with Crippen molar-refractivity contribution in [2.75, 3.05) is 45.1 Å². The smallest absolute Gasteiger partial charge is 0.322 e. The summed E-state index contributed by atoms with van der Waals surface area (Å²) >= 11 is 11.9. The van der Waals surface area contributed by atoms with Crippen molar-refractivity contribution in [2.45, 2.75) is 0 Å². The van der Waals surface area contributed by atoms with Gasteiger partial charge in [0, 0.05) is 15.7 Å². The average molecular weight is 456 g/mol. The van der Waals surface area contributed by atoms with Crippen LogP contribution in [0.4, 0.5) is 10.5 Å². The second-order valence-electron chi connectivity index (χ2n) is 5.61. The molecule has 0 saturated carbocycles. The van der Waals surface area contributed by atoms with Crippen LogP contribution in [-0.2, 0) is 0 Å². The van der Waals surface area contributed by atoms with Crippen LogP contribution >= 0.6 is 23.2 Å². The Labute approximate surface area is 158 Å². The van der Waals surface area contributed by atoms with Gasteiger partial charge in [0.15, 0.2) is 0 Å². The Morgan fingerprint density at radius 2 is 1.86 bits per heavy atom. The van der Waals surface area contributed by atoms with E-state index in [2.05, 4.69) is 18.9 Å². The van der Waals surface area contributed by atoms with Gasteiger partial charge in [-0.15, -0.1) is 0 Å². The number of quaternary nitrogens is 1. The first-order valence-corrected chi connectivity index (χ1v) is 7.64. The van der Waals surface area contributed by atoms with Gasteiger partial charge in [0.1, 0.15) is 0 Å². The van der Waals surface area contributed by atoms with E-state index in [1.807, 2.05) is 11.0 Å². The number of carbonyl (C=O) groups excluding carboxylic acids is 1. The summed E-state index contributed by atoms with van der Waals surface area (Å²) in [5.41, 5.74) is 0.617. The lowest BCUT2D eigenvalue weighted by Gasteiger charge is -2.41. The molecular weight excluding hydrogens is 436 g/mol. The van der Waals surface area contributed by atoms with Gasteiger partial charge >= 0.3 is 6.03 Å². The van der Waals surface area contributed by atoms with Crippen molar-refractivity contribution in [3.63, 3.8) is 0 Å². The van der Waals surface area contributed by atoms with Crippen LogP contribution in [0.3, 0.4) is 0 Å². The van der Waals surface area contributed by atoms with Crippen molar-refractivity contribution < 1.29 is 33.3 Å². The summed E-state index contributed by atoms with van der Waals surface area (Å²) < 4.78 is 0.927. The van der Waals surface area contributed by atoms with E-state index in [1.54, 1.807) is 18.2 Å². The molecular formula is C15H20Cl2IN3O. The number of hydrogen-bond acceptors (Lipinski definition) is 1. The van der Waals surface area contributed by atoms with Crippen molar-refractivity contribution in [1.29, 1.82) is 0 Å². The summed E-state index contributed by atoms with van der Waals surface area (Å²) in [5.74, 6) is 0. The highest BCUT2D eigenvalue weighted by Crippen LogP contribution is 2.23. The predicted octanol–water partition coefficient (Wildman–Crippen LogP) is 0.477. The maximum atomic E-state index is 12.3. The number of benzene rings is 1. The number of rotatable bonds is 3. The van der Waals surface area contributed by atoms with Gasteiger partial charge in [-0.25, -0.2) is 4.79 Å². The van der Waals surface area contributed by atoms with E-state index in [1.165, 1.54) is 0 Å². The first-order valence-electron chi connectivity index (χ1n) is 6.88. The molecule has 7 heteroatoms. The molecule has 0 atom stereocenters. The lowest BCUT2D eigenvalue weighted by molar-refractivity contribution is -0.907. The maximum Gasteiger partial charge on any atom is 0.322 e. The number of hydrogen-bond donors (Lipinski definition) is 1. The molecule has 1 aromatic carbocycles. The molecule has 1 N–H and O–H groups in total. The fourth-order valence-electron chi connectivity index (χ4n) is 2.47. The fourth-order valence-corrected chi connectivity index (χ4v) is 3.00. The van der Waals surface area contributed by atoms with E-state index >= 15 is 0 Å². The first-order chi connectivity index (χ1) is 9.92. The zero-order valence-electron chi connectivity index (χ0n) is 12.5. The molecule has 0 spiro atoms. The largest absolute Gasteiger partial charge is 1.00 e. The molecule has 122 valence electrons. The highest BCUT2D eigenvalue weighted by atomic mass is 127. The summed E-state index contributed by atoms with van der Waals surface area (Å²) in [4.78, 5) is 14.1. The molecule has 2 amide bonds. The SMILES string of the molecule is C=CC[N+]1(C)CCN(C(=O)Nc2cc(Cl)cc(Cl)c2)CC1.[I-]. The minimum atomic E-state index is -0.113. The molecule has 0 aromatic heterocycles. The Morgan fingerprint density at radius 3 is 2.36 bits per heavy atom. The van der Waals surface area contributed by atoms with E-state index in [4.69, 9.17) is 23.2 Å². The molecule has 0 bridgehead atoms. The number of carbonyl (C=O) groups is 1. The summed E-state index contributed by atoms with van der Waals surface area (Å²) in [6, 6.07) is 4.90. The Balaban J connectivity index is 0.00000242. The molecule has 0 radical (unpaired) electrons. The number of nitrogens with zero attached hydrogens (tertiary/aromatic N) is 2. The first kappa shape index (κ1) is 19.5. The lowest BCUT2D eigenvalue weighted by atomic mass is 10.2. The van der Waals surface area contributed by atoms with E-state index in [9.17, 15) is 4.79 Å². The van der Waals surface area contributed by atoms with Crippen molar-refractivity contribution in [1.82, 2.24) is 4.90 Å². The quantitative estimate of drug-likeness (QED) is 0.401. The minimum absolute atomic E-state index is 0. The van der Waals surface area contributed by atoms with Crippen LogP contribution in [0, 0.1) is 0 Å².